The monoisotopic (exact) mass is 315 g/mol. The Morgan fingerprint density at radius 3 is 2.83 bits per heavy atom. The highest BCUT2D eigenvalue weighted by Gasteiger charge is 2.15. The largest absolute Gasteiger partial charge is 0.481 e. The van der Waals surface area contributed by atoms with Crippen LogP contribution in [0.25, 0.3) is 0 Å². The molecule has 0 aromatic carbocycles. The van der Waals surface area contributed by atoms with Crippen molar-refractivity contribution in [1.29, 1.82) is 0 Å². The molecule has 1 unspecified atom stereocenters. The van der Waals surface area contributed by atoms with Crippen LogP contribution in [0.4, 0.5) is 5.82 Å². The molecule has 5 nitrogen and oxygen atoms in total. The number of aromatic nitrogens is 1. The number of hydrogen-bond donors (Lipinski definition) is 1. The molecule has 0 aliphatic rings. The van der Waals surface area contributed by atoms with Crippen LogP contribution in [0.2, 0.25) is 0 Å². The Morgan fingerprint density at radius 2 is 2.28 bits per heavy atom. The van der Waals surface area contributed by atoms with Crippen molar-refractivity contribution in [3.63, 3.8) is 0 Å². The van der Waals surface area contributed by atoms with E-state index >= 15 is 0 Å². The van der Waals surface area contributed by atoms with Gasteiger partial charge in [0.2, 0.25) is 11.8 Å². The molecule has 0 radical (unpaired) electrons. The quantitative estimate of drug-likeness (QED) is 0.898. The summed E-state index contributed by atoms with van der Waals surface area (Å²) in [6, 6.07) is 3.68. The molecule has 0 bridgehead atoms. The number of carbonyl (C=O) groups is 1. The molecule has 1 aromatic heterocycles. The van der Waals surface area contributed by atoms with Crippen molar-refractivity contribution in [1.82, 2.24) is 10.3 Å². The zero-order valence-corrected chi connectivity index (χ0v) is 12.6. The van der Waals surface area contributed by atoms with Gasteiger partial charge in [0.1, 0.15) is 5.82 Å². The van der Waals surface area contributed by atoms with E-state index in [-0.39, 0.29) is 11.8 Å². The second kappa shape index (κ2) is 6.58. The Balaban J connectivity index is 2.80. The van der Waals surface area contributed by atoms with Gasteiger partial charge < -0.3 is 15.0 Å². The van der Waals surface area contributed by atoms with Gasteiger partial charge in [0, 0.05) is 31.2 Å². The Hall–Kier alpha value is -1.30. The SMILES string of the molecule is CNC(=O)C(C)CN(C)c1cc(Br)cc(OC)n1. The Bertz CT molecular complexity index is 426. The lowest BCUT2D eigenvalue weighted by Crippen LogP contribution is -2.34. The molecule has 1 atom stereocenters. The van der Waals surface area contributed by atoms with Crippen LogP contribution in [0, 0.1) is 5.92 Å². The molecule has 1 amide bonds. The first-order valence-electron chi connectivity index (χ1n) is 5.62. The van der Waals surface area contributed by atoms with Crippen LogP contribution in [0.3, 0.4) is 0 Å². The smallest absolute Gasteiger partial charge is 0.224 e. The molecule has 0 fully saturated rings. The highest BCUT2D eigenvalue weighted by atomic mass is 79.9. The summed E-state index contributed by atoms with van der Waals surface area (Å²) in [5.74, 6) is 1.21. The predicted octanol–water partition coefficient (Wildman–Crippen LogP) is 1.67. The molecule has 0 aliphatic heterocycles. The zero-order chi connectivity index (χ0) is 13.7. The van der Waals surface area contributed by atoms with Gasteiger partial charge in [0.05, 0.1) is 13.0 Å². The number of nitrogens with zero attached hydrogens (tertiary/aromatic N) is 2. The van der Waals surface area contributed by atoms with Crippen molar-refractivity contribution in [2.24, 2.45) is 5.92 Å². The molecule has 100 valence electrons. The van der Waals surface area contributed by atoms with Gasteiger partial charge >= 0.3 is 0 Å². The highest BCUT2D eigenvalue weighted by Crippen LogP contribution is 2.22. The molecule has 0 saturated carbocycles. The molecule has 0 aliphatic carbocycles. The van der Waals surface area contributed by atoms with Gasteiger partial charge in [-0.2, -0.15) is 4.98 Å². The summed E-state index contributed by atoms with van der Waals surface area (Å²) in [7, 11) is 5.11. The summed E-state index contributed by atoms with van der Waals surface area (Å²) < 4.78 is 6.00. The molecule has 1 rings (SSSR count). The van der Waals surface area contributed by atoms with Gasteiger partial charge in [-0.3, -0.25) is 4.79 Å². The number of anilines is 1. The van der Waals surface area contributed by atoms with Crippen LogP contribution in [-0.2, 0) is 4.79 Å². The Morgan fingerprint density at radius 1 is 1.61 bits per heavy atom. The summed E-state index contributed by atoms with van der Waals surface area (Å²) in [6.45, 7) is 2.47. The predicted molar refractivity (Wildman–Crippen MR) is 75.0 cm³/mol. The van der Waals surface area contributed by atoms with Crippen LogP contribution >= 0.6 is 15.9 Å². The standard InChI is InChI=1S/C12H18BrN3O2/c1-8(12(17)14-2)7-16(3)10-5-9(13)6-11(15-10)18-4/h5-6,8H,7H2,1-4H3,(H,14,17). The van der Waals surface area contributed by atoms with Crippen molar-refractivity contribution in [3.8, 4) is 5.88 Å². The van der Waals surface area contributed by atoms with Crippen molar-refractivity contribution in [3.05, 3.63) is 16.6 Å². The van der Waals surface area contributed by atoms with E-state index in [1.807, 2.05) is 24.9 Å². The maximum absolute atomic E-state index is 11.5. The van der Waals surface area contributed by atoms with Crippen LogP contribution in [0.1, 0.15) is 6.92 Å². The summed E-state index contributed by atoms with van der Waals surface area (Å²) in [4.78, 5) is 17.7. The van der Waals surface area contributed by atoms with Gasteiger partial charge in [-0.25, -0.2) is 0 Å². The summed E-state index contributed by atoms with van der Waals surface area (Å²) in [6.07, 6.45) is 0. The number of halogens is 1. The second-order valence-corrected chi connectivity index (χ2v) is 5.00. The molecule has 1 heterocycles. The van der Waals surface area contributed by atoms with Gasteiger partial charge in [-0.15, -0.1) is 0 Å². The van der Waals surface area contributed by atoms with E-state index < -0.39 is 0 Å². The second-order valence-electron chi connectivity index (χ2n) is 4.08. The number of nitrogens with one attached hydrogen (secondary N) is 1. The fourth-order valence-electron chi connectivity index (χ4n) is 1.59. The first-order valence-corrected chi connectivity index (χ1v) is 6.41. The van der Waals surface area contributed by atoms with E-state index in [0.717, 1.165) is 10.3 Å². The number of pyridine rings is 1. The fourth-order valence-corrected chi connectivity index (χ4v) is 1.99. The Labute approximate surface area is 116 Å². The molecule has 1 N–H and O–H groups in total. The average molecular weight is 316 g/mol. The van der Waals surface area contributed by atoms with Crippen molar-refractivity contribution in [2.75, 3.05) is 32.6 Å². The minimum atomic E-state index is -0.105. The minimum absolute atomic E-state index is 0.0174. The van der Waals surface area contributed by atoms with E-state index in [1.165, 1.54) is 0 Å². The van der Waals surface area contributed by atoms with Gasteiger partial charge in [-0.05, 0) is 6.07 Å². The molecule has 18 heavy (non-hydrogen) atoms. The van der Waals surface area contributed by atoms with Gasteiger partial charge in [0.15, 0.2) is 0 Å². The van der Waals surface area contributed by atoms with Crippen LogP contribution in [0.5, 0.6) is 5.88 Å². The first-order chi connectivity index (χ1) is 8.47. The summed E-state index contributed by atoms with van der Waals surface area (Å²) in [5.41, 5.74) is 0. The fraction of sp³-hybridized carbons (Fsp3) is 0.500. The molecule has 0 saturated heterocycles. The third kappa shape index (κ3) is 3.87. The molecule has 6 heteroatoms. The first kappa shape index (κ1) is 14.8. The topological polar surface area (TPSA) is 54.5 Å². The molecular weight excluding hydrogens is 298 g/mol. The lowest BCUT2D eigenvalue weighted by Gasteiger charge is -2.22. The number of amides is 1. The van der Waals surface area contributed by atoms with E-state index in [0.29, 0.717) is 12.4 Å². The molecule has 0 spiro atoms. The Kier molecular flexibility index (Phi) is 5.40. The highest BCUT2D eigenvalue weighted by molar-refractivity contribution is 9.10. The van der Waals surface area contributed by atoms with Crippen LogP contribution < -0.4 is 15.0 Å². The van der Waals surface area contributed by atoms with Crippen LogP contribution in [-0.4, -0.2) is 38.6 Å². The molecular formula is C12H18BrN3O2. The maximum atomic E-state index is 11.5. The van der Waals surface area contributed by atoms with Gasteiger partial charge in [0.25, 0.3) is 0 Å². The lowest BCUT2D eigenvalue weighted by molar-refractivity contribution is -0.123. The number of hydrogen-bond acceptors (Lipinski definition) is 4. The van der Waals surface area contributed by atoms with E-state index in [2.05, 4.69) is 26.2 Å². The van der Waals surface area contributed by atoms with Crippen molar-refractivity contribution < 1.29 is 9.53 Å². The maximum Gasteiger partial charge on any atom is 0.224 e. The van der Waals surface area contributed by atoms with Gasteiger partial charge in [-0.1, -0.05) is 22.9 Å². The number of ether oxygens (including phenoxy) is 1. The number of rotatable bonds is 5. The molecule has 1 aromatic rings. The van der Waals surface area contributed by atoms with Crippen LogP contribution in [0.15, 0.2) is 16.6 Å². The average Bonchev–Trinajstić information content (AvgIpc) is 2.36. The minimum Gasteiger partial charge on any atom is -0.481 e. The number of carbonyl (C=O) groups excluding carboxylic acids is 1. The number of methoxy groups -OCH3 is 1. The van der Waals surface area contributed by atoms with Crippen molar-refractivity contribution in [2.45, 2.75) is 6.92 Å². The summed E-state index contributed by atoms with van der Waals surface area (Å²) >= 11 is 3.40. The third-order valence-corrected chi connectivity index (χ3v) is 3.05. The van der Waals surface area contributed by atoms with Crippen molar-refractivity contribution >= 4 is 27.7 Å². The van der Waals surface area contributed by atoms with E-state index in [9.17, 15) is 4.79 Å². The third-order valence-electron chi connectivity index (χ3n) is 2.60. The zero-order valence-electron chi connectivity index (χ0n) is 11.0. The normalized spacial score (nSPS) is 11.8. The lowest BCUT2D eigenvalue weighted by atomic mass is 10.1. The van der Waals surface area contributed by atoms with E-state index in [1.54, 1.807) is 20.2 Å². The van der Waals surface area contributed by atoms with E-state index in [4.69, 9.17) is 4.74 Å². The summed E-state index contributed by atoms with van der Waals surface area (Å²) in [5, 5.41) is 2.64.